The lowest BCUT2D eigenvalue weighted by Gasteiger charge is -2.07. The molecular formula is C16H14FN3OS. The van der Waals surface area contributed by atoms with Crippen molar-refractivity contribution in [1.29, 1.82) is 0 Å². The van der Waals surface area contributed by atoms with E-state index in [2.05, 4.69) is 10.3 Å². The second kappa shape index (κ2) is 5.73. The van der Waals surface area contributed by atoms with Crippen LogP contribution in [0.3, 0.4) is 0 Å². The first kappa shape index (κ1) is 14.5. The molecule has 2 heterocycles. The highest BCUT2D eigenvalue weighted by Gasteiger charge is 2.12. The minimum atomic E-state index is -0.422. The molecule has 3 aromatic rings. The lowest BCUT2D eigenvalue weighted by molar-refractivity contribution is 0.103. The Hall–Kier alpha value is -2.47. The van der Waals surface area contributed by atoms with E-state index in [1.54, 1.807) is 29.1 Å². The van der Waals surface area contributed by atoms with E-state index in [0.29, 0.717) is 16.3 Å². The highest BCUT2D eigenvalue weighted by molar-refractivity contribution is 7.14. The summed E-state index contributed by atoms with van der Waals surface area (Å²) in [5.74, 6) is -0.648. The zero-order valence-corrected chi connectivity index (χ0v) is 12.9. The molecule has 6 heteroatoms. The van der Waals surface area contributed by atoms with Gasteiger partial charge < -0.3 is 9.88 Å². The first-order chi connectivity index (χ1) is 10.5. The van der Waals surface area contributed by atoms with Crippen LogP contribution in [0, 0.1) is 19.7 Å². The van der Waals surface area contributed by atoms with Gasteiger partial charge >= 0.3 is 0 Å². The summed E-state index contributed by atoms with van der Waals surface area (Å²) in [6, 6.07) is 6.42. The lowest BCUT2D eigenvalue weighted by Crippen LogP contribution is -2.10. The van der Waals surface area contributed by atoms with Crippen molar-refractivity contribution in [2.45, 2.75) is 13.8 Å². The van der Waals surface area contributed by atoms with Crippen LogP contribution in [0.4, 0.5) is 10.1 Å². The van der Waals surface area contributed by atoms with Gasteiger partial charge in [-0.05, 0) is 43.7 Å². The van der Waals surface area contributed by atoms with Gasteiger partial charge in [0.1, 0.15) is 5.82 Å². The summed E-state index contributed by atoms with van der Waals surface area (Å²) in [7, 11) is 0. The van der Waals surface area contributed by atoms with E-state index in [-0.39, 0.29) is 5.91 Å². The fourth-order valence-electron chi connectivity index (χ4n) is 2.07. The Morgan fingerprint density at radius 3 is 2.73 bits per heavy atom. The molecule has 0 aliphatic carbocycles. The Bertz CT molecular complexity index is 805. The van der Waals surface area contributed by atoms with Gasteiger partial charge in [0.15, 0.2) is 0 Å². The Morgan fingerprint density at radius 2 is 2.14 bits per heavy atom. The van der Waals surface area contributed by atoms with E-state index in [1.165, 1.54) is 23.7 Å². The molecule has 4 nitrogen and oxygen atoms in total. The highest BCUT2D eigenvalue weighted by atomic mass is 32.1. The molecule has 0 radical (unpaired) electrons. The van der Waals surface area contributed by atoms with E-state index in [0.717, 1.165) is 10.4 Å². The molecule has 0 spiro atoms. The number of rotatable bonds is 3. The molecular weight excluding hydrogens is 301 g/mol. The Labute approximate surface area is 131 Å². The molecule has 0 fully saturated rings. The Balaban J connectivity index is 1.81. The first-order valence-electron chi connectivity index (χ1n) is 6.71. The van der Waals surface area contributed by atoms with Gasteiger partial charge in [0.2, 0.25) is 0 Å². The number of hydrogen-bond acceptors (Lipinski definition) is 3. The maximum absolute atomic E-state index is 14.1. The number of imidazole rings is 1. The van der Waals surface area contributed by atoms with Crippen molar-refractivity contribution in [2.24, 2.45) is 0 Å². The lowest BCUT2D eigenvalue weighted by atomic mass is 10.2. The van der Waals surface area contributed by atoms with Crippen LogP contribution in [0.25, 0.3) is 5.69 Å². The van der Waals surface area contributed by atoms with Crippen molar-refractivity contribution in [3.05, 3.63) is 64.1 Å². The standard InChI is InChI=1S/C16H14FN3OS/c1-10-7-15(22-11(10)2)16(21)19-12-3-4-14(13(17)8-12)20-6-5-18-9-20/h3-9H,1-2H3,(H,19,21). The Morgan fingerprint density at radius 1 is 1.32 bits per heavy atom. The van der Waals surface area contributed by atoms with Crippen molar-refractivity contribution < 1.29 is 9.18 Å². The number of amides is 1. The van der Waals surface area contributed by atoms with E-state index < -0.39 is 5.82 Å². The van der Waals surface area contributed by atoms with Crippen LogP contribution in [0.1, 0.15) is 20.1 Å². The van der Waals surface area contributed by atoms with E-state index in [1.807, 2.05) is 19.9 Å². The second-order valence-corrected chi connectivity index (χ2v) is 6.20. The maximum Gasteiger partial charge on any atom is 0.265 e. The summed E-state index contributed by atoms with van der Waals surface area (Å²) in [5, 5.41) is 2.72. The van der Waals surface area contributed by atoms with Crippen LogP contribution in [0.2, 0.25) is 0 Å². The number of nitrogens with one attached hydrogen (secondary N) is 1. The number of hydrogen-bond donors (Lipinski definition) is 1. The van der Waals surface area contributed by atoms with Crippen molar-refractivity contribution in [3.8, 4) is 5.69 Å². The summed E-state index contributed by atoms with van der Waals surface area (Å²) in [6.45, 7) is 3.93. The number of halogens is 1. The van der Waals surface area contributed by atoms with Gasteiger partial charge in [0, 0.05) is 23.0 Å². The average molecular weight is 315 g/mol. The molecule has 0 unspecified atom stereocenters. The van der Waals surface area contributed by atoms with Crippen molar-refractivity contribution in [3.63, 3.8) is 0 Å². The third-order valence-corrected chi connectivity index (χ3v) is 4.53. The third-order valence-electron chi connectivity index (χ3n) is 3.38. The topological polar surface area (TPSA) is 46.9 Å². The maximum atomic E-state index is 14.1. The summed E-state index contributed by atoms with van der Waals surface area (Å²) < 4.78 is 15.7. The summed E-state index contributed by atoms with van der Waals surface area (Å²) >= 11 is 1.43. The normalized spacial score (nSPS) is 10.7. The van der Waals surface area contributed by atoms with E-state index in [9.17, 15) is 9.18 Å². The van der Waals surface area contributed by atoms with Gasteiger partial charge in [0.05, 0.1) is 16.9 Å². The van der Waals surface area contributed by atoms with Gasteiger partial charge in [0.25, 0.3) is 5.91 Å². The molecule has 0 aliphatic heterocycles. The molecule has 22 heavy (non-hydrogen) atoms. The molecule has 1 amide bonds. The van der Waals surface area contributed by atoms with Crippen LogP contribution >= 0.6 is 11.3 Å². The van der Waals surface area contributed by atoms with Crippen LogP contribution in [0.5, 0.6) is 0 Å². The summed E-state index contributed by atoms with van der Waals surface area (Å²) in [6.07, 6.45) is 4.76. The largest absolute Gasteiger partial charge is 0.321 e. The minimum absolute atomic E-state index is 0.226. The molecule has 2 aromatic heterocycles. The minimum Gasteiger partial charge on any atom is -0.321 e. The number of thiophene rings is 1. The quantitative estimate of drug-likeness (QED) is 0.795. The number of aromatic nitrogens is 2. The predicted molar refractivity (Wildman–Crippen MR) is 85.3 cm³/mol. The first-order valence-corrected chi connectivity index (χ1v) is 7.52. The van der Waals surface area contributed by atoms with Crippen LogP contribution < -0.4 is 5.32 Å². The van der Waals surface area contributed by atoms with Crippen LogP contribution in [-0.2, 0) is 0 Å². The molecule has 0 atom stereocenters. The molecule has 1 N–H and O–H groups in total. The van der Waals surface area contributed by atoms with E-state index in [4.69, 9.17) is 0 Å². The summed E-state index contributed by atoms with van der Waals surface area (Å²) in [5.41, 5.74) is 1.89. The number of carbonyl (C=O) groups is 1. The molecule has 0 saturated carbocycles. The Kier molecular flexibility index (Phi) is 3.77. The number of benzene rings is 1. The molecule has 0 aliphatic rings. The highest BCUT2D eigenvalue weighted by Crippen LogP contribution is 2.23. The smallest absolute Gasteiger partial charge is 0.265 e. The molecule has 1 aromatic carbocycles. The molecule has 0 bridgehead atoms. The fourth-order valence-corrected chi connectivity index (χ4v) is 3.00. The van der Waals surface area contributed by atoms with Gasteiger partial charge in [-0.1, -0.05) is 0 Å². The molecule has 0 saturated heterocycles. The monoisotopic (exact) mass is 315 g/mol. The molecule has 3 rings (SSSR count). The van der Waals surface area contributed by atoms with Crippen molar-refractivity contribution in [1.82, 2.24) is 9.55 Å². The number of carbonyl (C=O) groups excluding carboxylic acids is 1. The van der Waals surface area contributed by atoms with Crippen LogP contribution in [0.15, 0.2) is 43.0 Å². The zero-order valence-electron chi connectivity index (χ0n) is 12.1. The van der Waals surface area contributed by atoms with Gasteiger partial charge in [-0.3, -0.25) is 4.79 Å². The fraction of sp³-hybridized carbons (Fsp3) is 0.125. The zero-order chi connectivity index (χ0) is 15.7. The van der Waals surface area contributed by atoms with Gasteiger partial charge in [-0.15, -0.1) is 11.3 Å². The average Bonchev–Trinajstić information content (AvgIpc) is 3.10. The predicted octanol–water partition coefficient (Wildman–Crippen LogP) is 3.94. The SMILES string of the molecule is Cc1cc(C(=O)Nc2ccc(-n3ccnc3)c(F)c2)sc1C. The van der Waals surface area contributed by atoms with Gasteiger partial charge in [-0.25, -0.2) is 9.37 Å². The number of anilines is 1. The third kappa shape index (κ3) is 2.78. The van der Waals surface area contributed by atoms with Crippen LogP contribution in [-0.4, -0.2) is 15.5 Å². The number of aryl methyl sites for hydroxylation is 2. The number of nitrogens with zero attached hydrogens (tertiary/aromatic N) is 2. The van der Waals surface area contributed by atoms with Crippen molar-refractivity contribution in [2.75, 3.05) is 5.32 Å². The summed E-state index contributed by atoms with van der Waals surface area (Å²) in [4.78, 5) is 17.8. The van der Waals surface area contributed by atoms with E-state index >= 15 is 0 Å². The second-order valence-electron chi connectivity index (χ2n) is 4.94. The van der Waals surface area contributed by atoms with Gasteiger partial charge in [-0.2, -0.15) is 0 Å². The molecule has 112 valence electrons. The van der Waals surface area contributed by atoms with Crippen molar-refractivity contribution >= 4 is 22.9 Å².